The van der Waals surface area contributed by atoms with Crippen LogP contribution >= 0.6 is 0 Å². The predicted molar refractivity (Wildman–Crippen MR) is 142 cm³/mol. The second-order valence-electron chi connectivity index (χ2n) is 9.88. The van der Waals surface area contributed by atoms with Crippen molar-refractivity contribution in [3.05, 3.63) is 102 Å². The minimum Gasteiger partial charge on any atom is -0.423 e. The number of benzene rings is 5. The van der Waals surface area contributed by atoms with Gasteiger partial charge in [0.05, 0.1) is 27.6 Å². The molecule has 0 aliphatic heterocycles. The van der Waals surface area contributed by atoms with E-state index in [4.69, 9.17) is 14.7 Å². The number of rotatable bonds is 2. The van der Waals surface area contributed by atoms with Crippen LogP contribution in [-0.4, -0.2) is 15.9 Å². The normalized spacial score (nSPS) is 12.0. The SMILES string of the molecule is CC(C)(C)c1ccc(OC(=O)c2ccc3nc4c5ccccc5c5ccccc5c4nc3c2)cc1. The van der Waals surface area contributed by atoms with Crippen molar-refractivity contribution in [2.24, 2.45) is 0 Å². The minimum atomic E-state index is -0.416. The summed E-state index contributed by atoms with van der Waals surface area (Å²) in [4.78, 5) is 22.9. The summed E-state index contributed by atoms with van der Waals surface area (Å²) in [5, 5.41) is 4.40. The van der Waals surface area contributed by atoms with Crippen LogP contribution in [-0.2, 0) is 5.41 Å². The summed E-state index contributed by atoms with van der Waals surface area (Å²) >= 11 is 0. The van der Waals surface area contributed by atoms with Crippen molar-refractivity contribution in [1.82, 2.24) is 9.97 Å². The summed E-state index contributed by atoms with van der Waals surface area (Å²) in [6.45, 7) is 6.46. The van der Waals surface area contributed by atoms with Crippen LogP contribution in [0.1, 0.15) is 36.7 Å². The monoisotopic (exact) mass is 456 g/mol. The van der Waals surface area contributed by atoms with Crippen molar-refractivity contribution >= 4 is 49.6 Å². The van der Waals surface area contributed by atoms with E-state index in [-0.39, 0.29) is 5.41 Å². The molecule has 0 aliphatic carbocycles. The van der Waals surface area contributed by atoms with Gasteiger partial charge in [-0.2, -0.15) is 0 Å². The molecule has 0 fully saturated rings. The molecule has 6 rings (SSSR count). The second kappa shape index (κ2) is 7.88. The van der Waals surface area contributed by atoms with Crippen LogP contribution in [0.4, 0.5) is 0 Å². The Labute approximate surface area is 203 Å². The molecule has 35 heavy (non-hydrogen) atoms. The Hall–Kier alpha value is -4.31. The molecule has 0 unspecified atom stereocenters. The zero-order chi connectivity index (χ0) is 24.2. The van der Waals surface area contributed by atoms with Gasteiger partial charge in [0.15, 0.2) is 0 Å². The van der Waals surface area contributed by atoms with Crippen molar-refractivity contribution in [2.75, 3.05) is 0 Å². The number of aromatic nitrogens is 2. The molecule has 1 heterocycles. The van der Waals surface area contributed by atoms with Gasteiger partial charge in [-0.1, -0.05) is 81.4 Å². The van der Waals surface area contributed by atoms with Crippen molar-refractivity contribution < 1.29 is 9.53 Å². The molecule has 0 radical (unpaired) electrons. The largest absolute Gasteiger partial charge is 0.423 e. The van der Waals surface area contributed by atoms with Crippen molar-refractivity contribution in [3.63, 3.8) is 0 Å². The molecule has 0 atom stereocenters. The minimum absolute atomic E-state index is 0.0395. The molecule has 6 aromatic rings. The maximum absolute atomic E-state index is 12.9. The Kier molecular flexibility index (Phi) is 4.78. The molecular formula is C31H24N2O2. The van der Waals surface area contributed by atoms with Gasteiger partial charge in [0, 0.05) is 10.8 Å². The Morgan fingerprint density at radius 3 is 1.77 bits per heavy atom. The molecule has 4 heteroatoms. The average molecular weight is 457 g/mol. The Bertz CT molecular complexity index is 1760. The summed E-state index contributed by atoms with van der Waals surface area (Å²) in [5.41, 5.74) is 4.76. The lowest BCUT2D eigenvalue weighted by molar-refractivity contribution is 0.0735. The number of ether oxygens (including phenoxy) is 1. The number of carbonyl (C=O) groups is 1. The van der Waals surface area contributed by atoms with Gasteiger partial charge in [-0.3, -0.25) is 0 Å². The highest BCUT2D eigenvalue weighted by atomic mass is 16.5. The van der Waals surface area contributed by atoms with Crippen LogP contribution in [0.15, 0.2) is 91.0 Å². The quantitative estimate of drug-likeness (QED) is 0.116. The van der Waals surface area contributed by atoms with Crippen LogP contribution in [0.25, 0.3) is 43.6 Å². The number of esters is 1. The topological polar surface area (TPSA) is 52.1 Å². The van der Waals surface area contributed by atoms with Crippen molar-refractivity contribution in [3.8, 4) is 5.75 Å². The van der Waals surface area contributed by atoms with Gasteiger partial charge in [0.1, 0.15) is 5.75 Å². The van der Waals surface area contributed by atoms with Gasteiger partial charge in [-0.15, -0.1) is 0 Å². The van der Waals surface area contributed by atoms with Crippen molar-refractivity contribution in [1.29, 1.82) is 0 Å². The van der Waals surface area contributed by atoms with Gasteiger partial charge in [0.25, 0.3) is 0 Å². The predicted octanol–water partition coefficient (Wildman–Crippen LogP) is 7.61. The lowest BCUT2D eigenvalue weighted by Gasteiger charge is -2.19. The fourth-order valence-electron chi connectivity index (χ4n) is 4.59. The van der Waals surface area contributed by atoms with E-state index >= 15 is 0 Å². The summed E-state index contributed by atoms with van der Waals surface area (Å²) in [7, 11) is 0. The standard InChI is InChI=1S/C31H24N2O2/c1-31(2,3)20-13-15-21(16-14-20)35-30(34)19-12-17-26-27(18-19)33-29-25-11-7-5-9-23(25)22-8-4-6-10-24(22)28(29)32-26/h4-18H,1-3H3. The van der Waals surface area contributed by atoms with Gasteiger partial charge < -0.3 is 4.74 Å². The summed E-state index contributed by atoms with van der Waals surface area (Å²) in [5.74, 6) is 0.103. The Morgan fingerprint density at radius 1 is 0.657 bits per heavy atom. The van der Waals surface area contributed by atoms with Gasteiger partial charge in [0.2, 0.25) is 0 Å². The number of nitrogens with zero attached hydrogens (tertiary/aromatic N) is 2. The fourth-order valence-corrected chi connectivity index (χ4v) is 4.59. The first-order valence-corrected chi connectivity index (χ1v) is 11.7. The van der Waals surface area contributed by atoms with E-state index in [2.05, 4.69) is 45.0 Å². The first-order chi connectivity index (χ1) is 16.9. The van der Waals surface area contributed by atoms with Crippen LogP contribution in [0, 0.1) is 0 Å². The molecule has 0 spiro atoms. The molecule has 0 N–H and O–H groups in total. The van der Waals surface area contributed by atoms with Gasteiger partial charge >= 0.3 is 5.97 Å². The van der Waals surface area contributed by atoms with E-state index in [0.717, 1.165) is 38.1 Å². The molecule has 0 saturated carbocycles. The Morgan fingerprint density at radius 2 is 1.20 bits per heavy atom. The van der Waals surface area contributed by atoms with E-state index in [1.165, 1.54) is 5.56 Å². The summed E-state index contributed by atoms with van der Waals surface area (Å²) in [6.07, 6.45) is 0. The smallest absolute Gasteiger partial charge is 0.343 e. The maximum atomic E-state index is 12.9. The van der Waals surface area contributed by atoms with Crippen molar-refractivity contribution in [2.45, 2.75) is 26.2 Å². The van der Waals surface area contributed by atoms with Gasteiger partial charge in [-0.05, 0) is 52.1 Å². The maximum Gasteiger partial charge on any atom is 0.343 e. The number of hydrogen-bond donors (Lipinski definition) is 0. The lowest BCUT2D eigenvalue weighted by Crippen LogP contribution is -2.12. The molecule has 4 nitrogen and oxygen atoms in total. The van der Waals surface area contributed by atoms with Crippen LogP contribution < -0.4 is 4.74 Å². The number of carbonyl (C=O) groups excluding carboxylic acids is 1. The summed E-state index contributed by atoms with van der Waals surface area (Å²) in [6, 6.07) is 29.5. The van der Waals surface area contributed by atoms with E-state index in [9.17, 15) is 4.79 Å². The van der Waals surface area contributed by atoms with E-state index in [0.29, 0.717) is 16.8 Å². The second-order valence-corrected chi connectivity index (χ2v) is 9.88. The third-order valence-electron chi connectivity index (χ3n) is 6.49. The lowest BCUT2D eigenvalue weighted by atomic mass is 9.87. The fraction of sp³-hybridized carbons (Fsp3) is 0.129. The molecule has 0 aliphatic rings. The highest BCUT2D eigenvalue weighted by Gasteiger charge is 2.16. The molecule has 0 amide bonds. The van der Waals surface area contributed by atoms with Gasteiger partial charge in [-0.25, -0.2) is 14.8 Å². The van der Waals surface area contributed by atoms with E-state index < -0.39 is 5.97 Å². The Balaban J connectivity index is 1.44. The third-order valence-corrected chi connectivity index (χ3v) is 6.49. The zero-order valence-corrected chi connectivity index (χ0v) is 19.9. The first-order valence-electron chi connectivity index (χ1n) is 11.7. The van der Waals surface area contributed by atoms with Crippen LogP contribution in [0.2, 0.25) is 0 Å². The molecule has 0 saturated heterocycles. The number of fused-ring (bicyclic) bond motifs is 7. The molecule has 170 valence electrons. The third kappa shape index (κ3) is 3.68. The molecular weight excluding hydrogens is 432 g/mol. The highest BCUT2D eigenvalue weighted by molar-refractivity contribution is 6.23. The highest BCUT2D eigenvalue weighted by Crippen LogP contribution is 2.34. The average Bonchev–Trinajstić information content (AvgIpc) is 2.87. The molecule has 1 aromatic heterocycles. The zero-order valence-electron chi connectivity index (χ0n) is 19.9. The number of hydrogen-bond acceptors (Lipinski definition) is 4. The van der Waals surface area contributed by atoms with E-state index in [1.807, 2.05) is 54.6 Å². The molecule has 0 bridgehead atoms. The van der Waals surface area contributed by atoms with E-state index in [1.54, 1.807) is 12.1 Å². The first kappa shape index (κ1) is 21.2. The van der Waals surface area contributed by atoms with Crippen LogP contribution in [0.5, 0.6) is 5.75 Å². The van der Waals surface area contributed by atoms with Crippen LogP contribution in [0.3, 0.4) is 0 Å². The summed E-state index contributed by atoms with van der Waals surface area (Å²) < 4.78 is 5.65. The molecule has 5 aromatic carbocycles.